The standard InChI is InChI=1S/C13H7Cl2FO2/c14-10-5-4-8(6-11(10)15)18-13-3-1-2-12(16)9(13)7-17/h1-7H. The first-order valence-corrected chi connectivity index (χ1v) is 5.74. The Morgan fingerprint density at radius 1 is 1.11 bits per heavy atom. The molecule has 0 heterocycles. The maximum absolute atomic E-state index is 13.3. The van der Waals surface area contributed by atoms with E-state index in [0.29, 0.717) is 22.1 Å². The summed E-state index contributed by atoms with van der Waals surface area (Å²) in [5.41, 5.74) is -0.136. The zero-order valence-corrected chi connectivity index (χ0v) is 10.5. The van der Waals surface area contributed by atoms with Crippen LogP contribution in [0.1, 0.15) is 10.4 Å². The van der Waals surface area contributed by atoms with E-state index >= 15 is 0 Å². The molecule has 92 valence electrons. The van der Waals surface area contributed by atoms with Crippen molar-refractivity contribution in [3.63, 3.8) is 0 Å². The number of benzene rings is 2. The number of carbonyl (C=O) groups is 1. The molecule has 0 fully saturated rings. The number of hydrogen-bond acceptors (Lipinski definition) is 2. The van der Waals surface area contributed by atoms with Crippen LogP contribution < -0.4 is 4.74 Å². The summed E-state index contributed by atoms with van der Waals surface area (Å²) < 4.78 is 18.7. The van der Waals surface area contributed by atoms with Gasteiger partial charge in [0.2, 0.25) is 0 Å². The third-order valence-electron chi connectivity index (χ3n) is 2.25. The van der Waals surface area contributed by atoms with Gasteiger partial charge in [-0.2, -0.15) is 0 Å². The Hall–Kier alpha value is -1.58. The van der Waals surface area contributed by atoms with E-state index in [2.05, 4.69) is 0 Å². The minimum atomic E-state index is -0.637. The molecule has 0 aromatic heterocycles. The maximum Gasteiger partial charge on any atom is 0.156 e. The molecule has 5 heteroatoms. The molecule has 0 aliphatic carbocycles. The van der Waals surface area contributed by atoms with Crippen molar-refractivity contribution in [2.75, 3.05) is 0 Å². The van der Waals surface area contributed by atoms with E-state index in [-0.39, 0.29) is 11.3 Å². The molecule has 0 saturated heterocycles. The fraction of sp³-hybridized carbons (Fsp3) is 0. The summed E-state index contributed by atoms with van der Waals surface area (Å²) in [6.45, 7) is 0. The molecule has 2 rings (SSSR count). The van der Waals surface area contributed by atoms with Crippen LogP contribution in [0.15, 0.2) is 36.4 Å². The van der Waals surface area contributed by atoms with Gasteiger partial charge >= 0.3 is 0 Å². The van der Waals surface area contributed by atoms with Gasteiger partial charge in [-0.25, -0.2) is 4.39 Å². The van der Waals surface area contributed by atoms with Crippen LogP contribution in [-0.4, -0.2) is 6.29 Å². The second-order valence-corrected chi connectivity index (χ2v) is 4.26. The predicted octanol–water partition coefficient (Wildman–Crippen LogP) is 4.74. The Morgan fingerprint density at radius 2 is 1.89 bits per heavy atom. The van der Waals surface area contributed by atoms with E-state index in [1.54, 1.807) is 12.1 Å². The lowest BCUT2D eigenvalue weighted by atomic mass is 10.2. The van der Waals surface area contributed by atoms with Gasteiger partial charge < -0.3 is 4.74 Å². The van der Waals surface area contributed by atoms with Crippen molar-refractivity contribution in [3.05, 3.63) is 57.8 Å². The van der Waals surface area contributed by atoms with Gasteiger partial charge in [0.25, 0.3) is 0 Å². The Labute approximate surface area is 113 Å². The summed E-state index contributed by atoms with van der Waals surface area (Å²) in [5, 5.41) is 0.706. The van der Waals surface area contributed by atoms with Gasteiger partial charge in [0.05, 0.1) is 15.6 Å². The van der Waals surface area contributed by atoms with Crippen LogP contribution in [0.3, 0.4) is 0 Å². The zero-order chi connectivity index (χ0) is 13.1. The first-order valence-electron chi connectivity index (χ1n) is 4.98. The summed E-state index contributed by atoms with van der Waals surface area (Å²) in [5.74, 6) is -0.135. The lowest BCUT2D eigenvalue weighted by Crippen LogP contribution is -1.94. The topological polar surface area (TPSA) is 26.3 Å². The molecule has 0 spiro atoms. The molecule has 2 nitrogen and oxygen atoms in total. The number of hydrogen-bond donors (Lipinski definition) is 0. The molecule has 0 N–H and O–H groups in total. The van der Waals surface area contributed by atoms with Crippen LogP contribution in [0.5, 0.6) is 11.5 Å². The fourth-order valence-electron chi connectivity index (χ4n) is 1.39. The van der Waals surface area contributed by atoms with Crippen molar-refractivity contribution in [1.82, 2.24) is 0 Å². The van der Waals surface area contributed by atoms with Crippen molar-refractivity contribution >= 4 is 29.5 Å². The Kier molecular flexibility index (Phi) is 3.84. The molecule has 2 aromatic carbocycles. The van der Waals surface area contributed by atoms with Crippen molar-refractivity contribution < 1.29 is 13.9 Å². The Balaban J connectivity index is 2.36. The predicted molar refractivity (Wildman–Crippen MR) is 68.3 cm³/mol. The van der Waals surface area contributed by atoms with Crippen molar-refractivity contribution in [3.8, 4) is 11.5 Å². The highest BCUT2D eigenvalue weighted by Crippen LogP contribution is 2.31. The summed E-state index contributed by atoms with van der Waals surface area (Å²) >= 11 is 11.6. The number of carbonyl (C=O) groups excluding carboxylic acids is 1. The minimum absolute atomic E-state index is 0.128. The molecule has 0 atom stereocenters. The van der Waals surface area contributed by atoms with Crippen molar-refractivity contribution in [2.45, 2.75) is 0 Å². The molecule has 2 aromatic rings. The summed E-state index contributed by atoms with van der Waals surface area (Å²) in [6, 6.07) is 8.76. The number of aldehydes is 1. The Bertz CT molecular complexity index is 600. The molecule has 0 radical (unpaired) electrons. The quantitative estimate of drug-likeness (QED) is 0.761. The van der Waals surface area contributed by atoms with Crippen LogP contribution in [0.4, 0.5) is 4.39 Å². The molecule has 0 aliphatic rings. The zero-order valence-electron chi connectivity index (χ0n) is 8.99. The molecule has 0 amide bonds. The second-order valence-electron chi connectivity index (χ2n) is 3.45. The van der Waals surface area contributed by atoms with E-state index in [0.717, 1.165) is 0 Å². The van der Waals surface area contributed by atoms with Crippen LogP contribution in [0.2, 0.25) is 10.0 Å². The van der Waals surface area contributed by atoms with E-state index in [1.165, 1.54) is 24.3 Å². The molecule has 0 unspecified atom stereocenters. The first kappa shape index (κ1) is 12.9. The summed E-state index contributed by atoms with van der Waals surface area (Å²) in [4.78, 5) is 10.8. The largest absolute Gasteiger partial charge is 0.456 e. The third kappa shape index (κ3) is 2.63. The lowest BCUT2D eigenvalue weighted by Gasteiger charge is -2.09. The monoisotopic (exact) mass is 284 g/mol. The Morgan fingerprint density at radius 3 is 2.56 bits per heavy atom. The van der Waals surface area contributed by atoms with Crippen LogP contribution in [-0.2, 0) is 0 Å². The molecule has 0 bridgehead atoms. The number of rotatable bonds is 3. The van der Waals surface area contributed by atoms with Gasteiger partial charge in [-0.1, -0.05) is 29.3 Å². The minimum Gasteiger partial charge on any atom is -0.456 e. The lowest BCUT2D eigenvalue weighted by molar-refractivity contribution is 0.111. The molecular formula is C13H7Cl2FO2. The van der Waals surface area contributed by atoms with E-state index in [4.69, 9.17) is 27.9 Å². The highest BCUT2D eigenvalue weighted by molar-refractivity contribution is 6.42. The molecule has 0 aliphatic heterocycles. The fourth-order valence-corrected chi connectivity index (χ4v) is 1.68. The highest BCUT2D eigenvalue weighted by Gasteiger charge is 2.10. The molecule has 18 heavy (non-hydrogen) atoms. The average Bonchev–Trinajstić information content (AvgIpc) is 2.34. The van der Waals surface area contributed by atoms with Crippen molar-refractivity contribution in [1.29, 1.82) is 0 Å². The molecule has 0 saturated carbocycles. The third-order valence-corrected chi connectivity index (χ3v) is 2.99. The SMILES string of the molecule is O=Cc1c(F)cccc1Oc1ccc(Cl)c(Cl)c1. The number of ether oxygens (including phenoxy) is 1. The van der Waals surface area contributed by atoms with Gasteiger partial charge in [0.15, 0.2) is 6.29 Å². The van der Waals surface area contributed by atoms with Gasteiger partial charge in [-0.15, -0.1) is 0 Å². The van der Waals surface area contributed by atoms with Crippen LogP contribution in [0, 0.1) is 5.82 Å². The maximum atomic E-state index is 13.3. The number of halogens is 3. The second kappa shape index (κ2) is 5.38. The molecular weight excluding hydrogens is 278 g/mol. The average molecular weight is 285 g/mol. The first-order chi connectivity index (χ1) is 8.61. The van der Waals surface area contributed by atoms with Gasteiger partial charge in [0, 0.05) is 6.07 Å². The normalized spacial score (nSPS) is 10.2. The van der Waals surface area contributed by atoms with Crippen LogP contribution >= 0.6 is 23.2 Å². The van der Waals surface area contributed by atoms with Gasteiger partial charge in [-0.3, -0.25) is 4.79 Å². The summed E-state index contributed by atoms with van der Waals surface area (Å²) in [7, 11) is 0. The smallest absolute Gasteiger partial charge is 0.156 e. The van der Waals surface area contributed by atoms with Crippen LogP contribution in [0.25, 0.3) is 0 Å². The van der Waals surface area contributed by atoms with E-state index < -0.39 is 5.82 Å². The van der Waals surface area contributed by atoms with Crippen molar-refractivity contribution in [2.24, 2.45) is 0 Å². The highest BCUT2D eigenvalue weighted by atomic mass is 35.5. The van der Waals surface area contributed by atoms with E-state index in [9.17, 15) is 9.18 Å². The van der Waals surface area contributed by atoms with Gasteiger partial charge in [0.1, 0.15) is 17.3 Å². The summed E-state index contributed by atoms with van der Waals surface area (Å²) in [6.07, 6.45) is 0.405. The van der Waals surface area contributed by atoms with Gasteiger partial charge in [-0.05, 0) is 24.3 Å². The van der Waals surface area contributed by atoms with E-state index in [1.807, 2.05) is 0 Å².